The summed E-state index contributed by atoms with van der Waals surface area (Å²) in [4.78, 5) is 19.2. The summed E-state index contributed by atoms with van der Waals surface area (Å²) in [7, 11) is -1.90. The average Bonchev–Trinajstić information content (AvgIpc) is 3.52. The van der Waals surface area contributed by atoms with E-state index >= 15 is 0 Å². The third-order valence-corrected chi connectivity index (χ3v) is 6.80. The number of nitrogens with zero attached hydrogens (tertiary/aromatic N) is 3. The van der Waals surface area contributed by atoms with Gasteiger partial charge in [0, 0.05) is 37.2 Å². The number of pyridine rings is 1. The number of rotatable bonds is 5. The maximum absolute atomic E-state index is 13.3. The van der Waals surface area contributed by atoms with Gasteiger partial charge in [-0.3, -0.25) is 4.79 Å². The van der Waals surface area contributed by atoms with Gasteiger partial charge >= 0.3 is 0 Å². The second-order valence-electron chi connectivity index (χ2n) is 8.29. The molecule has 1 aromatic rings. The molecule has 1 saturated carbocycles. The Morgan fingerprint density at radius 1 is 1.43 bits per heavy atom. The molecular weight excluding hydrogens is 406 g/mol. The molecule has 0 aromatic carbocycles. The van der Waals surface area contributed by atoms with Gasteiger partial charge in [-0.25, -0.2) is 17.7 Å². The van der Waals surface area contributed by atoms with Crippen molar-refractivity contribution in [3.8, 4) is 17.7 Å². The number of sulfonamides is 1. The quantitative estimate of drug-likeness (QED) is 0.692. The number of fused-ring (bicyclic) bond motifs is 1. The molecule has 2 aliphatic rings. The lowest BCUT2D eigenvalue weighted by atomic mass is 10.0. The van der Waals surface area contributed by atoms with Gasteiger partial charge in [0.25, 0.3) is 5.91 Å². The molecule has 1 aliphatic heterocycles. The fourth-order valence-electron chi connectivity index (χ4n) is 3.19. The van der Waals surface area contributed by atoms with Gasteiger partial charge in [0.05, 0.1) is 25.4 Å². The number of amides is 1. The first-order valence-electron chi connectivity index (χ1n) is 10.1. The van der Waals surface area contributed by atoms with Crippen molar-refractivity contribution in [2.24, 2.45) is 11.8 Å². The molecule has 3 atom stereocenters. The van der Waals surface area contributed by atoms with E-state index in [4.69, 9.17) is 4.74 Å². The summed E-state index contributed by atoms with van der Waals surface area (Å²) in [6.07, 6.45) is 4.40. The Morgan fingerprint density at radius 2 is 2.13 bits per heavy atom. The van der Waals surface area contributed by atoms with Crippen LogP contribution in [-0.4, -0.2) is 78.8 Å². The Labute approximate surface area is 178 Å². The highest BCUT2D eigenvalue weighted by Gasteiger charge is 2.35. The van der Waals surface area contributed by atoms with Gasteiger partial charge in [-0.2, -0.15) is 0 Å². The van der Waals surface area contributed by atoms with Crippen LogP contribution in [0, 0.1) is 23.7 Å². The van der Waals surface area contributed by atoms with E-state index in [1.54, 1.807) is 24.1 Å². The zero-order valence-electron chi connectivity index (χ0n) is 17.8. The largest absolute Gasteiger partial charge is 0.472 e. The third-order valence-electron chi connectivity index (χ3n) is 5.52. The summed E-state index contributed by atoms with van der Waals surface area (Å²) < 4.78 is 31.1. The van der Waals surface area contributed by atoms with Crippen molar-refractivity contribution in [3.05, 3.63) is 23.4 Å². The number of aliphatic hydroxyl groups is 1. The number of ether oxygens (including phenoxy) is 1. The van der Waals surface area contributed by atoms with E-state index < -0.39 is 22.2 Å². The van der Waals surface area contributed by atoms with Gasteiger partial charge in [-0.15, -0.1) is 0 Å². The van der Waals surface area contributed by atoms with Crippen LogP contribution in [0.2, 0.25) is 0 Å². The first-order valence-corrected chi connectivity index (χ1v) is 12.0. The van der Waals surface area contributed by atoms with E-state index in [0.717, 1.165) is 19.1 Å². The predicted molar refractivity (Wildman–Crippen MR) is 112 cm³/mol. The lowest BCUT2D eigenvalue weighted by Crippen LogP contribution is -2.50. The molecule has 1 fully saturated rings. The topological polar surface area (TPSA) is 100 Å². The highest BCUT2D eigenvalue weighted by molar-refractivity contribution is 7.88. The van der Waals surface area contributed by atoms with Crippen LogP contribution >= 0.6 is 0 Å². The molecule has 8 nitrogen and oxygen atoms in total. The Morgan fingerprint density at radius 3 is 2.73 bits per heavy atom. The second kappa shape index (κ2) is 8.92. The van der Waals surface area contributed by atoms with Crippen molar-refractivity contribution >= 4 is 15.9 Å². The van der Waals surface area contributed by atoms with Crippen LogP contribution in [0.4, 0.5) is 0 Å². The van der Waals surface area contributed by atoms with Gasteiger partial charge < -0.3 is 14.7 Å². The molecule has 1 aliphatic carbocycles. The molecule has 1 amide bonds. The zero-order valence-corrected chi connectivity index (χ0v) is 18.6. The van der Waals surface area contributed by atoms with Gasteiger partial charge in [0.2, 0.25) is 15.9 Å². The van der Waals surface area contributed by atoms with Gasteiger partial charge in [0.15, 0.2) is 0 Å². The molecule has 0 unspecified atom stereocenters. The molecule has 0 spiro atoms. The smallest absolute Gasteiger partial charge is 0.259 e. The Hall–Kier alpha value is -2.15. The normalized spacial score (nSPS) is 23.0. The van der Waals surface area contributed by atoms with Crippen molar-refractivity contribution in [2.75, 3.05) is 33.0 Å². The van der Waals surface area contributed by atoms with Crippen molar-refractivity contribution in [1.29, 1.82) is 0 Å². The van der Waals surface area contributed by atoms with Crippen LogP contribution in [-0.2, 0) is 10.0 Å². The summed E-state index contributed by atoms with van der Waals surface area (Å²) >= 11 is 0. The van der Waals surface area contributed by atoms with Crippen LogP contribution < -0.4 is 4.74 Å². The van der Waals surface area contributed by atoms with Gasteiger partial charge in [-0.05, 0) is 25.8 Å². The first-order chi connectivity index (χ1) is 14.1. The minimum Gasteiger partial charge on any atom is -0.472 e. The minimum atomic E-state index is -3.39. The number of likely N-dealkylation sites (N-methyl/N-ethyl adjacent to an activating group) is 1. The van der Waals surface area contributed by atoms with E-state index in [1.807, 2.05) is 6.92 Å². The SMILES string of the molecule is C[C@H](CO)N1C[C@H](C)[C@H](CN(C)S(C)(=O)=O)Oc2ncc(C#CC3CC3)cc2C1=O. The summed E-state index contributed by atoms with van der Waals surface area (Å²) in [6, 6.07) is 1.27. The fourth-order valence-corrected chi connectivity index (χ4v) is 3.61. The maximum atomic E-state index is 13.3. The molecule has 2 heterocycles. The summed E-state index contributed by atoms with van der Waals surface area (Å²) in [5.74, 6) is 6.34. The molecule has 0 bridgehead atoms. The molecule has 0 radical (unpaired) electrons. The molecular formula is C21H29N3O5S. The summed E-state index contributed by atoms with van der Waals surface area (Å²) in [5.41, 5.74) is 0.907. The van der Waals surface area contributed by atoms with Crippen LogP contribution in [0.25, 0.3) is 0 Å². The van der Waals surface area contributed by atoms with Crippen LogP contribution in [0.1, 0.15) is 42.6 Å². The Balaban J connectivity index is 1.99. The summed E-state index contributed by atoms with van der Waals surface area (Å²) in [6.45, 7) is 3.93. The highest BCUT2D eigenvalue weighted by Crippen LogP contribution is 2.29. The second-order valence-corrected chi connectivity index (χ2v) is 10.4. The number of carbonyl (C=O) groups excluding carboxylic acids is 1. The lowest BCUT2D eigenvalue weighted by Gasteiger charge is -2.37. The van der Waals surface area contributed by atoms with Gasteiger partial charge in [-0.1, -0.05) is 18.8 Å². The zero-order chi connectivity index (χ0) is 22.1. The lowest BCUT2D eigenvalue weighted by molar-refractivity contribution is 0.0373. The monoisotopic (exact) mass is 435 g/mol. The van der Waals surface area contributed by atoms with Crippen molar-refractivity contribution in [1.82, 2.24) is 14.2 Å². The van der Waals surface area contributed by atoms with E-state index in [-0.39, 0.29) is 36.4 Å². The van der Waals surface area contributed by atoms with Crippen molar-refractivity contribution in [2.45, 2.75) is 38.8 Å². The molecule has 164 valence electrons. The number of hydrogen-bond donors (Lipinski definition) is 1. The number of hydrogen-bond acceptors (Lipinski definition) is 6. The van der Waals surface area contributed by atoms with E-state index in [1.165, 1.54) is 11.4 Å². The van der Waals surface area contributed by atoms with Crippen molar-refractivity contribution in [3.63, 3.8) is 0 Å². The summed E-state index contributed by atoms with van der Waals surface area (Å²) in [5, 5.41) is 9.68. The first kappa shape index (κ1) is 22.5. The molecule has 1 aromatic heterocycles. The molecule has 9 heteroatoms. The fraction of sp³-hybridized carbons (Fsp3) is 0.619. The Kier molecular flexibility index (Phi) is 6.70. The van der Waals surface area contributed by atoms with Crippen molar-refractivity contribution < 1.29 is 23.1 Å². The molecule has 1 N–H and O–H groups in total. The van der Waals surface area contributed by atoms with E-state index in [9.17, 15) is 18.3 Å². The van der Waals surface area contributed by atoms with E-state index in [0.29, 0.717) is 18.0 Å². The van der Waals surface area contributed by atoms with Crippen LogP contribution in [0.5, 0.6) is 5.88 Å². The number of aliphatic hydroxyl groups excluding tert-OH is 1. The molecule has 3 rings (SSSR count). The standard InChI is InChI=1S/C21H29N3O5S/c1-14-11-24(15(2)13-25)21(26)18-9-17(8-7-16-5-6-16)10-22-20(18)29-19(14)12-23(3)30(4,27)28/h9-10,14-16,19,25H,5-6,11-13H2,1-4H3/t14-,15+,19-/m0/s1. The Bertz CT molecular complexity index is 965. The van der Waals surface area contributed by atoms with Gasteiger partial charge in [0.1, 0.15) is 11.7 Å². The minimum absolute atomic E-state index is 0.125. The average molecular weight is 436 g/mol. The number of aromatic nitrogens is 1. The highest BCUT2D eigenvalue weighted by atomic mass is 32.2. The van der Waals surface area contributed by atoms with E-state index in [2.05, 4.69) is 16.8 Å². The maximum Gasteiger partial charge on any atom is 0.259 e. The molecule has 0 saturated heterocycles. The third kappa shape index (κ3) is 5.31. The number of carbonyl (C=O) groups is 1. The van der Waals surface area contributed by atoms with Crippen LogP contribution in [0.15, 0.2) is 12.3 Å². The predicted octanol–water partition coefficient (Wildman–Crippen LogP) is 0.955. The molecule has 30 heavy (non-hydrogen) atoms. The van der Waals surface area contributed by atoms with Crippen LogP contribution in [0.3, 0.4) is 0 Å².